The molecule has 1 saturated heterocycles. The maximum absolute atomic E-state index is 12.8. The molecular weight excluding hydrogens is 354 g/mol. The van der Waals surface area contributed by atoms with Crippen LogP contribution in [0.1, 0.15) is 22.2 Å². The lowest BCUT2D eigenvalue weighted by Crippen LogP contribution is -2.49. The number of ether oxygens (including phenoxy) is 1. The van der Waals surface area contributed by atoms with E-state index in [-0.39, 0.29) is 30.1 Å². The first kappa shape index (κ1) is 19.1. The number of nitrogens with one attached hydrogen (secondary N) is 1. The van der Waals surface area contributed by atoms with Gasteiger partial charge in [0.25, 0.3) is 5.91 Å². The van der Waals surface area contributed by atoms with E-state index < -0.39 is 6.61 Å². The normalized spacial score (nSPS) is 17.3. The Kier molecular flexibility index (Phi) is 6.33. The molecule has 1 atom stereocenters. The van der Waals surface area contributed by atoms with Crippen LogP contribution in [-0.4, -0.2) is 46.6 Å². The number of halogens is 3. The van der Waals surface area contributed by atoms with E-state index in [0.29, 0.717) is 25.2 Å². The molecule has 2 heterocycles. The Hall–Kier alpha value is -2.19. The third-order valence-corrected chi connectivity index (χ3v) is 3.99. The number of hydrogen-bond acceptors (Lipinski definition) is 4. The number of rotatable bonds is 4. The number of aryl methyl sites for hydroxylation is 1. The van der Waals surface area contributed by atoms with E-state index in [1.54, 1.807) is 11.1 Å². The highest BCUT2D eigenvalue weighted by Crippen LogP contribution is 2.24. The van der Waals surface area contributed by atoms with Crippen molar-refractivity contribution in [1.82, 2.24) is 19.8 Å². The Morgan fingerprint density at radius 1 is 1.36 bits per heavy atom. The third-order valence-electron chi connectivity index (χ3n) is 3.99. The summed E-state index contributed by atoms with van der Waals surface area (Å²) in [5.74, 6) is 0.670. The van der Waals surface area contributed by atoms with Crippen LogP contribution in [0.2, 0.25) is 0 Å². The maximum Gasteiger partial charge on any atom is 0.387 e. The SMILES string of the molecule is Cl.Cn1ccnc1C1CNCCN1C(=O)c1ccc(OC(F)F)cc1. The van der Waals surface area contributed by atoms with Gasteiger partial charge in [0.1, 0.15) is 17.6 Å². The number of carbonyl (C=O) groups is 1. The van der Waals surface area contributed by atoms with E-state index in [1.807, 2.05) is 17.8 Å². The van der Waals surface area contributed by atoms with Crippen LogP contribution in [0.25, 0.3) is 0 Å². The van der Waals surface area contributed by atoms with Crippen LogP contribution >= 0.6 is 12.4 Å². The lowest BCUT2D eigenvalue weighted by molar-refractivity contribution is -0.0498. The van der Waals surface area contributed by atoms with Gasteiger partial charge in [-0.2, -0.15) is 8.78 Å². The molecule has 1 fully saturated rings. The smallest absolute Gasteiger partial charge is 0.387 e. The van der Waals surface area contributed by atoms with Crippen molar-refractivity contribution in [2.24, 2.45) is 7.05 Å². The minimum atomic E-state index is -2.88. The van der Waals surface area contributed by atoms with Crippen LogP contribution in [0.5, 0.6) is 5.75 Å². The summed E-state index contributed by atoms with van der Waals surface area (Å²) in [7, 11) is 1.88. The summed E-state index contributed by atoms with van der Waals surface area (Å²) >= 11 is 0. The summed E-state index contributed by atoms with van der Waals surface area (Å²) in [6.45, 7) is -1.03. The van der Waals surface area contributed by atoms with Gasteiger partial charge in [-0.25, -0.2) is 4.98 Å². The predicted molar refractivity (Wildman–Crippen MR) is 90.2 cm³/mol. The second kappa shape index (κ2) is 8.26. The van der Waals surface area contributed by atoms with Crippen LogP contribution in [0.15, 0.2) is 36.7 Å². The largest absolute Gasteiger partial charge is 0.435 e. The standard InChI is InChI=1S/C16H18F2N4O2.ClH/c1-21-8-7-20-14(21)13-10-19-6-9-22(13)15(23)11-2-4-12(5-3-11)24-16(17)18;/h2-5,7-8,13,16,19H,6,9-10H2,1H3;1H. The molecule has 1 aromatic carbocycles. The minimum absolute atomic E-state index is 0. The molecule has 0 aliphatic carbocycles. The average Bonchev–Trinajstić information content (AvgIpc) is 3.00. The van der Waals surface area contributed by atoms with Gasteiger partial charge in [0.15, 0.2) is 0 Å². The van der Waals surface area contributed by atoms with Crippen molar-refractivity contribution >= 4 is 18.3 Å². The molecule has 0 bridgehead atoms. The highest BCUT2D eigenvalue weighted by atomic mass is 35.5. The first-order valence-corrected chi connectivity index (χ1v) is 7.60. The molecule has 1 N–H and O–H groups in total. The molecule has 1 aliphatic heterocycles. The Balaban J connectivity index is 0.00000225. The zero-order valence-corrected chi connectivity index (χ0v) is 14.4. The second-order valence-electron chi connectivity index (χ2n) is 5.52. The Bertz CT molecular complexity index is 708. The molecule has 1 aromatic heterocycles. The van der Waals surface area contributed by atoms with Crippen molar-refractivity contribution in [3.05, 3.63) is 48.0 Å². The number of piperazine rings is 1. The molecule has 1 unspecified atom stereocenters. The fourth-order valence-electron chi connectivity index (χ4n) is 2.82. The van der Waals surface area contributed by atoms with Gasteiger partial charge in [0.05, 0.1) is 0 Å². The van der Waals surface area contributed by atoms with Crippen LogP contribution < -0.4 is 10.1 Å². The molecule has 0 spiro atoms. The number of hydrogen-bond donors (Lipinski definition) is 1. The van der Waals surface area contributed by atoms with Crippen molar-refractivity contribution in [2.75, 3.05) is 19.6 Å². The van der Waals surface area contributed by atoms with Gasteiger partial charge in [0, 0.05) is 44.6 Å². The molecule has 3 rings (SSSR count). The molecule has 25 heavy (non-hydrogen) atoms. The van der Waals surface area contributed by atoms with E-state index in [9.17, 15) is 13.6 Å². The van der Waals surface area contributed by atoms with Gasteiger partial charge in [0.2, 0.25) is 0 Å². The molecule has 0 saturated carbocycles. The highest BCUT2D eigenvalue weighted by Gasteiger charge is 2.31. The lowest BCUT2D eigenvalue weighted by Gasteiger charge is -2.35. The fraction of sp³-hybridized carbons (Fsp3) is 0.375. The quantitative estimate of drug-likeness (QED) is 0.894. The molecule has 1 amide bonds. The number of benzene rings is 1. The first-order chi connectivity index (χ1) is 11.6. The molecule has 136 valence electrons. The highest BCUT2D eigenvalue weighted by molar-refractivity contribution is 5.94. The first-order valence-electron chi connectivity index (χ1n) is 7.60. The zero-order chi connectivity index (χ0) is 17.1. The van der Waals surface area contributed by atoms with E-state index in [1.165, 1.54) is 24.3 Å². The number of carbonyl (C=O) groups excluding carboxylic acids is 1. The van der Waals surface area contributed by atoms with Crippen LogP contribution in [0, 0.1) is 0 Å². The summed E-state index contributed by atoms with van der Waals surface area (Å²) in [5, 5.41) is 3.27. The van der Waals surface area contributed by atoms with Crippen molar-refractivity contribution in [3.8, 4) is 5.75 Å². The molecule has 1 aliphatic rings. The van der Waals surface area contributed by atoms with Gasteiger partial charge < -0.3 is 19.5 Å². The van der Waals surface area contributed by atoms with Crippen LogP contribution in [0.4, 0.5) is 8.78 Å². The lowest BCUT2D eigenvalue weighted by atomic mass is 10.1. The summed E-state index contributed by atoms with van der Waals surface area (Å²) in [4.78, 5) is 18.9. The van der Waals surface area contributed by atoms with Crippen molar-refractivity contribution < 1.29 is 18.3 Å². The number of nitrogens with zero attached hydrogens (tertiary/aromatic N) is 3. The van der Waals surface area contributed by atoms with Crippen LogP contribution in [-0.2, 0) is 7.05 Å². The molecule has 9 heteroatoms. The zero-order valence-electron chi connectivity index (χ0n) is 13.6. The van der Waals surface area contributed by atoms with Gasteiger partial charge in [-0.05, 0) is 24.3 Å². The Morgan fingerprint density at radius 3 is 2.68 bits per heavy atom. The average molecular weight is 373 g/mol. The Morgan fingerprint density at radius 2 is 2.08 bits per heavy atom. The van der Waals surface area contributed by atoms with Crippen LogP contribution in [0.3, 0.4) is 0 Å². The van der Waals surface area contributed by atoms with Crippen molar-refractivity contribution in [2.45, 2.75) is 12.7 Å². The van der Waals surface area contributed by atoms with Gasteiger partial charge in [-0.15, -0.1) is 12.4 Å². The minimum Gasteiger partial charge on any atom is -0.435 e. The molecule has 2 aromatic rings. The van der Waals surface area contributed by atoms with Crippen molar-refractivity contribution in [1.29, 1.82) is 0 Å². The van der Waals surface area contributed by atoms with Gasteiger partial charge >= 0.3 is 6.61 Å². The fourth-order valence-corrected chi connectivity index (χ4v) is 2.82. The maximum atomic E-state index is 12.8. The summed E-state index contributed by atoms with van der Waals surface area (Å²) in [5.41, 5.74) is 0.428. The van der Waals surface area contributed by atoms with E-state index >= 15 is 0 Å². The number of aromatic nitrogens is 2. The second-order valence-corrected chi connectivity index (χ2v) is 5.52. The number of alkyl halides is 2. The summed E-state index contributed by atoms with van der Waals surface area (Å²) in [6, 6.07) is 5.56. The Labute approximate surface area is 150 Å². The molecular formula is C16H19ClF2N4O2. The monoisotopic (exact) mass is 372 g/mol. The third kappa shape index (κ3) is 4.26. The van der Waals surface area contributed by atoms with Crippen molar-refractivity contribution in [3.63, 3.8) is 0 Å². The predicted octanol–water partition coefficient (Wildman–Crippen LogP) is 2.23. The van der Waals surface area contributed by atoms with Gasteiger partial charge in [-0.1, -0.05) is 0 Å². The number of amides is 1. The molecule has 6 nitrogen and oxygen atoms in total. The molecule has 0 radical (unpaired) electrons. The number of imidazole rings is 1. The van der Waals surface area contributed by atoms with E-state index in [2.05, 4.69) is 15.0 Å². The van der Waals surface area contributed by atoms with Gasteiger partial charge in [-0.3, -0.25) is 4.79 Å². The van der Waals surface area contributed by atoms with E-state index in [4.69, 9.17) is 0 Å². The van der Waals surface area contributed by atoms with E-state index in [0.717, 1.165) is 5.82 Å². The summed E-state index contributed by atoms with van der Waals surface area (Å²) in [6.07, 6.45) is 3.53. The summed E-state index contributed by atoms with van der Waals surface area (Å²) < 4.78 is 30.6. The topological polar surface area (TPSA) is 59.4 Å².